The number of benzene rings is 1. The molecule has 0 amide bonds. The van der Waals surface area contributed by atoms with Crippen molar-refractivity contribution in [2.75, 3.05) is 19.0 Å². The molecule has 1 aromatic rings. The van der Waals surface area contributed by atoms with E-state index in [0.29, 0.717) is 12.1 Å². The molecule has 1 aromatic carbocycles. The number of carbonyl (C=O) groups excluding carboxylic acids is 1. The summed E-state index contributed by atoms with van der Waals surface area (Å²) in [7, 11) is 1.04. The Morgan fingerprint density at radius 1 is 1.05 bits per heavy atom. The molecule has 112 valence electrons. The van der Waals surface area contributed by atoms with Crippen LogP contribution in [0.2, 0.25) is 0 Å². The largest absolute Gasteiger partial charge is 0.468 e. The average Bonchev–Trinajstić information content (AvgIpc) is 2.33. The van der Waals surface area contributed by atoms with E-state index in [1.807, 2.05) is 0 Å². The second-order valence-electron chi connectivity index (χ2n) is 3.72. The molecule has 0 bridgehead atoms. The molecule has 9 heteroatoms. The van der Waals surface area contributed by atoms with Gasteiger partial charge in [-0.1, -0.05) is 0 Å². The summed E-state index contributed by atoms with van der Waals surface area (Å²) in [5.74, 6) is -0.823. The fourth-order valence-corrected chi connectivity index (χ4v) is 1.30. The maximum Gasteiger partial charge on any atom is 0.416 e. The lowest BCUT2D eigenvalue weighted by atomic mass is 10.1. The van der Waals surface area contributed by atoms with E-state index in [-0.39, 0.29) is 6.07 Å². The lowest BCUT2D eigenvalue weighted by Gasteiger charge is -2.14. The molecule has 0 aromatic heterocycles. The zero-order valence-electron chi connectivity index (χ0n) is 10.0. The summed E-state index contributed by atoms with van der Waals surface area (Å²) >= 11 is 0. The first-order valence-electron chi connectivity index (χ1n) is 5.14. The monoisotopic (exact) mass is 301 g/mol. The lowest BCUT2D eigenvalue weighted by molar-refractivity contribution is -0.143. The number of methoxy groups -OCH3 is 1. The molecule has 0 aliphatic heterocycles. The highest BCUT2D eigenvalue weighted by atomic mass is 19.4. The van der Waals surface area contributed by atoms with Gasteiger partial charge in [0.15, 0.2) is 0 Å². The Labute approximate surface area is 109 Å². The van der Waals surface area contributed by atoms with Crippen molar-refractivity contribution in [3.63, 3.8) is 0 Å². The van der Waals surface area contributed by atoms with Gasteiger partial charge >= 0.3 is 18.3 Å². The van der Waals surface area contributed by atoms with Crippen molar-refractivity contribution in [1.29, 1.82) is 0 Å². The van der Waals surface area contributed by atoms with Crippen molar-refractivity contribution in [2.45, 2.75) is 12.4 Å². The van der Waals surface area contributed by atoms with Crippen molar-refractivity contribution in [3.8, 4) is 0 Å². The lowest BCUT2D eigenvalue weighted by Crippen LogP contribution is -2.17. The summed E-state index contributed by atoms with van der Waals surface area (Å²) in [4.78, 5) is 10.8. The quantitative estimate of drug-likeness (QED) is 0.687. The number of halogens is 6. The number of carbonyl (C=O) groups is 1. The van der Waals surface area contributed by atoms with Gasteiger partial charge in [-0.05, 0) is 18.2 Å². The van der Waals surface area contributed by atoms with Gasteiger partial charge in [0.05, 0.1) is 18.2 Å². The second-order valence-corrected chi connectivity index (χ2v) is 3.72. The van der Waals surface area contributed by atoms with Crippen LogP contribution < -0.4 is 5.32 Å². The maximum atomic E-state index is 12.5. The third-order valence-corrected chi connectivity index (χ3v) is 2.25. The highest BCUT2D eigenvalue weighted by Gasteiger charge is 2.36. The Hall–Kier alpha value is -1.93. The standard InChI is InChI=1S/C11H9F6NO2/c1-20-9(19)5-18-8-3-6(10(12,13)14)2-7(4-8)11(15,16)17/h2-4,18H,5H2,1H3. The minimum absolute atomic E-state index is 0.00330. The SMILES string of the molecule is COC(=O)CNc1cc(C(F)(F)F)cc(C(F)(F)F)c1. The molecule has 0 aliphatic rings. The Morgan fingerprint density at radius 2 is 1.50 bits per heavy atom. The Bertz CT molecular complexity index is 462. The highest BCUT2D eigenvalue weighted by molar-refractivity contribution is 5.75. The number of anilines is 1. The molecule has 0 aliphatic carbocycles. The molecule has 0 heterocycles. The predicted octanol–water partition coefficient (Wildman–Crippen LogP) is 3.31. The van der Waals surface area contributed by atoms with Crippen molar-refractivity contribution >= 4 is 11.7 Å². The van der Waals surface area contributed by atoms with E-state index in [4.69, 9.17) is 0 Å². The number of esters is 1. The summed E-state index contributed by atoms with van der Waals surface area (Å²) in [5, 5.41) is 2.15. The smallest absolute Gasteiger partial charge is 0.416 e. The van der Waals surface area contributed by atoms with Gasteiger partial charge in [-0.2, -0.15) is 26.3 Å². The van der Waals surface area contributed by atoms with Crippen molar-refractivity contribution in [1.82, 2.24) is 0 Å². The number of nitrogens with one attached hydrogen (secondary N) is 1. The maximum absolute atomic E-state index is 12.5. The summed E-state index contributed by atoms with van der Waals surface area (Å²) in [6, 6.07) is 0.972. The summed E-state index contributed by atoms with van der Waals surface area (Å²) in [5.41, 5.74) is -3.39. The second kappa shape index (κ2) is 5.59. The van der Waals surface area contributed by atoms with Crippen LogP contribution in [0.15, 0.2) is 18.2 Å². The molecule has 0 saturated carbocycles. The van der Waals surface area contributed by atoms with Gasteiger partial charge < -0.3 is 10.1 Å². The van der Waals surface area contributed by atoms with E-state index in [1.54, 1.807) is 0 Å². The van der Waals surface area contributed by atoms with E-state index >= 15 is 0 Å². The van der Waals surface area contributed by atoms with Gasteiger partial charge in [-0.15, -0.1) is 0 Å². The predicted molar refractivity (Wildman–Crippen MR) is 57.0 cm³/mol. The fourth-order valence-electron chi connectivity index (χ4n) is 1.30. The molecule has 20 heavy (non-hydrogen) atoms. The molecule has 1 N–H and O–H groups in total. The van der Waals surface area contributed by atoms with E-state index < -0.39 is 41.7 Å². The molecule has 0 radical (unpaired) electrons. The molecule has 0 saturated heterocycles. The third kappa shape index (κ3) is 4.32. The first-order chi connectivity index (χ1) is 9.04. The first kappa shape index (κ1) is 16.1. The molecule has 0 atom stereocenters. The summed E-state index contributed by atoms with van der Waals surface area (Å²) in [6.07, 6.45) is -9.86. The third-order valence-electron chi connectivity index (χ3n) is 2.25. The van der Waals surface area contributed by atoms with Gasteiger partial charge in [-0.25, -0.2) is 0 Å². The van der Waals surface area contributed by atoms with Crippen LogP contribution in [0.25, 0.3) is 0 Å². The van der Waals surface area contributed by atoms with Crippen LogP contribution in [0, 0.1) is 0 Å². The van der Waals surface area contributed by atoms with Gasteiger partial charge in [0.1, 0.15) is 6.54 Å². The van der Waals surface area contributed by atoms with Crippen molar-refractivity contribution < 1.29 is 35.9 Å². The van der Waals surface area contributed by atoms with E-state index in [9.17, 15) is 31.1 Å². The number of ether oxygens (including phenoxy) is 1. The molecule has 3 nitrogen and oxygen atoms in total. The fraction of sp³-hybridized carbons (Fsp3) is 0.364. The Kier molecular flexibility index (Phi) is 4.51. The zero-order chi connectivity index (χ0) is 15.6. The van der Waals surface area contributed by atoms with Crippen LogP contribution in [0.1, 0.15) is 11.1 Å². The summed E-state index contributed by atoms with van der Waals surface area (Å²) < 4.78 is 79.3. The zero-order valence-corrected chi connectivity index (χ0v) is 10.0. The van der Waals surface area contributed by atoms with Crippen molar-refractivity contribution in [3.05, 3.63) is 29.3 Å². The molecule has 0 fully saturated rings. The Balaban J connectivity index is 3.14. The van der Waals surface area contributed by atoms with Crippen LogP contribution in [-0.2, 0) is 21.9 Å². The van der Waals surface area contributed by atoms with Gasteiger partial charge in [0, 0.05) is 5.69 Å². The molecule has 0 unspecified atom stereocenters. The number of alkyl halides is 6. The molecular weight excluding hydrogens is 292 g/mol. The van der Waals surface area contributed by atoms with Gasteiger partial charge in [0.25, 0.3) is 0 Å². The van der Waals surface area contributed by atoms with Crippen LogP contribution >= 0.6 is 0 Å². The van der Waals surface area contributed by atoms with Crippen LogP contribution in [0.3, 0.4) is 0 Å². The highest BCUT2D eigenvalue weighted by Crippen LogP contribution is 2.37. The normalized spacial score (nSPS) is 12.2. The minimum atomic E-state index is -4.93. The number of rotatable bonds is 3. The molecule has 1 rings (SSSR count). The van der Waals surface area contributed by atoms with Crippen LogP contribution in [0.4, 0.5) is 32.0 Å². The van der Waals surface area contributed by atoms with Crippen molar-refractivity contribution in [2.24, 2.45) is 0 Å². The van der Waals surface area contributed by atoms with Crippen LogP contribution in [0.5, 0.6) is 0 Å². The summed E-state index contributed by atoms with van der Waals surface area (Å²) in [6.45, 7) is -0.547. The number of hydrogen-bond acceptors (Lipinski definition) is 3. The average molecular weight is 301 g/mol. The van der Waals surface area contributed by atoms with Crippen LogP contribution in [-0.4, -0.2) is 19.6 Å². The number of hydrogen-bond donors (Lipinski definition) is 1. The molecular formula is C11H9F6NO2. The van der Waals surface area contributed by atoms with E-state index in [1.165, 1.54) is 0 Å². The first-order valence-corrected chi connectivity index (χ1v) is 5.14. The topological polar surface area (TPSA) is 38.3 Å². The minimum Gasteiger partial charge on any atom is -0.468 e. The van der Waals surface area contributed by atoms with E-state index in [0.717, 1.165) is 7.11 Å². The van der Waals surface area contributed by atoms with Gasteiger partial charge in [0.2, 0.25) is 0 Å². The van der Waals surface area contributed by atoms with Gasteiger partial charge in [-0.3, -0.25) is 4.79 Å². The molecule has 0 spiro atoms. The van der Waals surface area contributed by atoms with E-state index in [2.05, 4.69) is 10.1 Å². The Morgan fingerprint density at radius 3 is 1.85 bits per heavy atom.